The molecule has 2 aliphatic rings. The van der Waals surface area contributed by atoms with Gasteiger partial charge < -0.3 is 41.9 Å². The molecule has 2 aliphatic carbocycles. The van der Waals surface area contributed by atoms with Crippen LogP contribution in [-0.4, -0.2) is 51.1 Å². The van der Waals surface area contributed by atoms with Crippen LogP contribution in [0.25, 0.3) is 0 Å². The molecular formula is C44H46F12N4O4. The normalized spacial score (nSPS) is 14.6. The zero-order valence-corrected chi connectivity index (χ0v) is 34.2. The average Bonchev–Trinajstić information content (AvgIpc) is 3.33. The van der Waals surface area contributed by atoms with Crippen molar-refractivity contribution in [2.75, 3.05) is 49.4 Å². The van der Waals surface area contributed by atoms with Crippen molar-refractivity contribution in [3.8, 4) is 23.0 Å². The van der Waals surface area contributed by atoms with Crippen LogP contribution in [0.2, 0.25) is 0 Å². The van der Waals surface area contributed by atoms with Gasteiger partial charge in [-0.05, 0) is 86.2 Å². The SMILES string of the molecule is Nc1cc2c(OCCCC(F)(F)F)c(c1)Cc1cc(N)cc(c1OCCCC(F)(F)F)C1(Cc3cc(N)cc1c3OCCCC(F)(F)F)c1cc(N)cc(c1OCCCC(F)(F)F)C2. The van der Waals surface area contributed by atoms with Gasteiger partial charge in [0.2, 0.25) is 0 Å². The van der Waals surface area contributed by atoms with Crippen LogP contribution < -0.4 is 41.9 Å². The minimum atomic E-state index is -4.55. The molecule has 0 saturated heterocycles. The van der Waals surface area contributed by atoms with E-state index >= 15 is 0 Å². The lowest BCUT2D eigenvalue weighted by molar-refractivity contribution is -0.137. The second-order valence-electron chi connectivity index (χ2n) is 16.0. The summed E-state index contributed by atoms with van der Waals surface area (Å²) in [6, 6.07) is 12.0. The molecule has 8 nitrogen and oxygen atoms in total. The van der Waals surface area contributed by atoms with Crippen molar-refractivity contribution in [2.24, 2.45) is 0 Å². The van der Waals surface area contributed by atoms with Crippen LogP contribution in [0, 0.1) is 0 Å². The molecule has 0 amide bonds. The molecule has 0 aliphatic heterocycles. The van der Waals surface area contributed by atoms with E-state index in [1.54, 1.807) is 0 Å². The zero-order chi connectivity index (χ0) is 46.8. The Labute approximate surface area is 360 Å². The van der Waals surface area contributed by atoms with E-state index < -0.39 is 108 Å². The highest BCUT2D eigenvalue weighted by Crippen LogP contribution is 2.60. The second-order valence-corrected chi connectivity index (χ2v) is 16.0. The van der Waals surface area contributed by atoms with Crippen LogP contribution in [-0.2, 0) is 24.7 Å². The minimum absolute atomic E-state index is 0.0139. The molecule has 350 valence electrons. The third kappa shape index (κ3) is 11.8. The Morgan fingerprint density at radius 1 is 0.375 bits per heavy atom. The molecule has 4 aromatic carbocycles. The van der Waals surface area contributed by atoms with Crippen molar-refractivity contribution in [3.05, 3.63) is 93.0 Å². The largest absolute Gasteiger partial charge is 0.493 e. The third-order valence-corrected chi connectivity index (χ3v) is 10.8. The highest BCUT2D eigenvalue weighted by molar-refractivity contribution is 5.76. The first-order chi connectivity index (χ1) is 29.8. The van der Waals surface area contributed by atoms with Crippen molar-refractivity contribution < 1.29 is 71.6 Å². The van der Waals surface area contributed by atoms with E-state index in [0.29, 0.717) is 16.7 Å². The van der Waals surface area contributed by atoms with E-state index in [9.17, 15) is 52.7 Å². The number of hydrogen-bond acceptors (Lipinski definition) is 8. The summed E-state index contributed by atoms with van der Waals surface area (Å²) < 4.78 is 185. The predicted octanol–water partition coefficient (Wildman–Crippen LogP) is 11.3. The Hall–Kier alpha value is -5.56. The maximum Gasteiger partial charge on any atom is 0.389 e. The van der Waals surface area contributed by atoms with Gasteiger partial charge in [0.25, 0.3) is 0 Å². The molecule has 0 radical (unpaired) electrons. The van der Waals surface area contributed by atoms with Crippen LogP contribution in [0.1, 0.15) is 95.9 Å². The first-order valence-electron chi connectivity index (χ1n) is 20.3. The molecule has 0 heterocycles. The fourth-order valence-corrected chi connectivity index (χ4v) is 8.43. The number of nitrogens with two attached hydrogens (primary N) is 4. The van der Waals surface area contributed by atoms with Gasteiger partial charge in [-0.15, -0.1) is 0 Å². The molecule has 0 unspecified atom stereocenters. The van der Waals surface area contributed by atoms with Crippen molar-refractivity contribution in [2.45, 2.75) is 101 Å². The number of rotatable bonds is 16. The Balaban J connectivity index is 1.65. The lowest BCUT2D eigenvalue weighted by Gasteiger charge is -2.37. The maximum atomic E-state index is 13.5. The van der Waals surface area contributed by atoms with Gasteiger partial charge in [-0.1, -0.05) is 0 Å². The maximum absolute atomic E-state index is 13.5. The highest BCUT2D eigenvalue weighted by Gasteiger charge is 2.50. The standard InChI is InChI=1S/C44H46F12N4O4/c45-41(46,47)5-1-9-61-36-24-13-26-17-30(58)20-33(37(26)62-10-2-6-42(48,49)50)40(23-28-19-32(60)22-35(40)39(28)64-12-4-8-44(54,55)56)34-21-31(59)18-27(14-25(36)16-29(57)15-24)38(34)63-11-3-7-43(51,52)53/h15-22H,1-14,23,57-60H2. The number of alkyl halides is 12. The molecule has 0 aromatic heterocycles. The number of ether oxygens (including phenoxy) is 4. The molecule has 0 saturated carbocycles. The van der Waals surface area contributed by atoms with Gasteiger partial charge in [0.05, 0.1) is 31.8 Å². The molecule has 0 atom stereocenters. The molecule has 4 aromatic rings. The van der Waals surface area contributed by atoms with Gasteiger partial charge >= 0.3 is 24.7 Å². The monoisotopic (exact) mass is 922 g/mol. The van der Waals surface area contributed by atoms with Crippen molar-refractivity contribution in [3.63, 3.8) is 0 Å². The summed E-state index contributed by atoms with van der Waals surface area (Å²) in [5.41, 5.74) is 27.2. The quantitative estimate of drug-likeness (QED) is 0.0495. The van der Waals surface area contributed by atoms with Gasteiger partial charge in [-0.25, -0.2) is 0 Å². The number of nitrogen functional groups attached to an aromatic ring is 4. The van der Waals surface area contributed by atoms with Crippen LogP contribution >= 0.6 is 0 Å². The predicted molar refractivity (Wildman–Crippen MR) is 216 cm³/mol. The summed E-state index contributed by atoms with van der Waals surface area (Å²) >= 11 is 0. The van der Waals surface area contributed by atoms with Gasteiger partial charge in [0.1, 0.15) is 23.0 Å². The average molecular weight is 923 g/mol. The molecule has 6 rings (SSSR count). The van der Waals surface area contributed by atoms with Crippen molar-refractivity contribution >= 4 is 22.7 Å². The van der Waals surface area contributed by atoms with Crippen LogP contribution in [0.15, 0.2) is 48.5 Å². The number of anilines is 4. The van der Waals surface area contributed by atoms with E-state index in [1.807, 2.05) is 0 Å². The van der Waals surface area contributed by atoms with Crippen molar-refractivity contribution in [1.29, 1.82) is 0 Å². The van der Waals surface area contributed by atoms with E-state index in [0.717, 1.165) is 0 Å². The molecular weight excluding hydrogens is 876 g/mol. The molecule has 1 spiro atoms. The molecule has 64 heavy (non-hydrogen) atoms. The summed E-state index contributed by atoms with van der Waals surface area (Å²) in [4.78, 5) is 0. The van der Waals surface area contributed by atoms with Gasteiger partial charge in [0.15, 0.2) is 0 Å². The lowest BCUT2D eigenvalue weighted by atomic mass is 9.68. The van der Waals surface area contributed by atoms with E-state index in [4.69, 9.17) is 41.9 Å². The van der Waals surface area contributed by atoms with Gasteiger partial charge in [0, 0.05) is 100 Å². The highest BCUT2D eigenvalue weighted by atomic mass is 19.4. The first-order valence-corrected chi connectivity index (χ1v) is 20.3. The van der Waals surface area contributed by atoms with Crippen LogP contribution in [0.3, 0.4) is 0 Å². The Morgan fingerprint density at radius 2 is 0.625 bits per heavy atom. The van der Waals surface area contributed by atoms with E-state index in [-0.39, 0.29) is 92.8 Å². The number of hydrogen-bond donors (Lipinski definition) is 4. The van der Waals surface area contributed by atoms with Crippen LogP contribution in [0.4, 0.5) is 75.4 Å². The summed E-state index contributed by atoms with van der Waals surface area (Å²) in [5.74, 6) is 0.190. The Kier molecular flexibility index (Phi) is 13.9. The molecule has 8 bridgehead atoms. The fraction of sp³-hybridized carbons (Fsp3) is 0.455. The number of benzene rings is 4. The van der Waals surface area contributed by atoms with Crippen LogP contribution in [0.5, 0.6) is 23.0 Å². The minimum Gasteiger partial charge on any atom is -0.493 e. The number of halogens is 12. The Bertz CT molecular complexity index is 2210. The summed E-state index contributed by atoms with van der Waals surface area (Å²) in [6.07, 6.45) is -25.2. The second kappa shape index (κ2) is 18.5. The van der Waals surface area contributed by atoms with Gasteiger partial charge in [-0.3, -0.25) is 0 Å². The summed E-state index contributed by atoms with van der Waals surface area (Å²) in [7, 11) is 0. The summed E-state index contributed by atoms with van der Waals surface area (Å²) in [5, 5.41) is 0. The molecule has 20 heteroatoms. The van der Waals surface area contributed by atoms with E-state index in [2.05, 4.69) is 0 Å². The topological polar surface area (TPSA) is 141 Å². The first kappa shape index (κ1) is 47.9. The zero-order valence-electron chi connectivity index (χ0n) is 34.2. The van der Waals surface area contributed by atoms with Gasteiger partial charge in [-0.2, -0.15) is 52.7 Å². The van der Waals surface area contributed by atoms with Crippen molar-refractivity contribution in [1.82, 2.24) is 0 Å². The Morgan fingerprint density at radius 3 is 0.938 bits per heavy atom. The molecule has 0 fully saturated rings. The van der Waals surface area contributed by atoms with E-state index in [1.165, 1.54) is 48.5 Å². The lowest BCUT2D eigenvalue weighted by Crippen LogP contribution is -2.31. The molecule has 8 N–H and O–H groups in total. The fourth-order valence-electron chi connectivity index (χ4n) is 8.43. The summed E-state index contributed by atoms with van der Waals surface area (Å²) in [6.45, 7) is -1.84. The third-order valence-electron chi connectivity index (χ3n) is 10.8. The number of fused-ring (bicyclic) bond motifs is 11. The smallest absolute Gasteiger partial charge is 0.389 e.